The normalized spacial score (nSPS) is 41.7. The van der Waals surface area contributed by atoms with Crippen LogP contribution >= 0.6 is 0 Å². The van der Waals surface area contributed by atoms with Crippen molar-refractivity contribution in [3.05, 3.63) is 0 Å². The Bertz CT molecular complexity index is 205. The molecule has 0 aromatic rings. The summed E-state index contributed by atoms with van der Waals surface area (Å²) in [5, 5.41) is 0. The smallest absolute Gasteiger partial charge is 0.147 e. The third kappa shape index (κ3) is 1.08. The Kier molecular flexibility index (Phi) is 1.93. The summed E-state index contributed by atoms with van der Waals surface area (Å²) in [7, 11) is 2.01. The van der Waals surface area contributed by atoms with Gasteiger partial charge in [0.25, 0.3) is 0 Å². The first-order chi connectivity index (χ1) is 5.70. The molecule has 2 aliphatic rings. The van der Waals surface area contributed by atoms with Gasteiger partial charge in [-0.2, -0.15) is 0 Å². The van der Waals surface area contributed by atoms with Crippen molar-refractivity contribution in [2.24, 2.45) is 5.92 Å². The van der Waals surface area contributed by atoms with E-state index in [2.05, 4.69) is 4.90 Å². The molecule has 2 heterocycles. The molecular formula is C9H15NO2. The maximum absolute atomic E-state index is 11.3. The molecule has 3 unspecified atom stereocenters. The van der Waals surface area contributed by atoms with Gasteiger partial charge in [0.05, 0.1) is 12.1 Å². The molecule has 0 aliphatic carbocycles. The molecule has 3 heteroatoms. The van der Waals surface area contributed by atoms with Gasteiger partial charge in [0.15, 0.2) is 0 Å². The number of hydrogen-bond acceptors (Lipinski definition) is 3. The van der Waals surface area contributed by atoms with Crippen LogP contribution in [0.15, 0.2) is 0 Å². The molecule has 0 bridgehead atoms. The average molecular weight is 169 g/mol. The Morgan fingerprint density at radius 2 is 2.33 bits per heavy atom. The first kappa shape index (κ1) is 8.20. The maximum Gasteiger partial charge on any atom is 0.147 e. The minimum Gasteiger partial charge on any atom is -0.377 e. The van der Waals surface area contributed by atoms with Crippen molar-refractivity contribution in [3.8, 4) is 0 Å². The van der Waals surface area contributed by atoms with E-state index in [1.54, 1.807) is 6.92 Å². The second-order valence-electron chi connectivity index (χ2n) is 3.86. The number of likely N-dealkylation sites (tertiary alicyclic amines) is 1. The first-order valence-electron chi connectivity index (χ1n) is 4.52. The second kappa shape index (κ2) is 2.82. The molecule has 3 nitrogen and oxygen atoms in total. The van der Waals surface area contributed by atoms with Crippen molar-refractivity contribution < 1.29 is 9.53 Å². The van der Waals surface area contributed by atoms with E-state index in [9.17, 15) is 4.79 Å². The van der Waals surface area contributed by atoms with Gasteiger partial charge in [-0.25, -0.2) is 0 Å². The van der Waals surface area contributed by atoms with E-state index in [1.807, 2.05) is 7.05 Å². The number of fused-ring (bicyclic) bond motifs is 1. The predicted molar refractivity (Wildman–Crippen MR) is 44.9 cm³/mol. The zero-order chi connectivity index (χ0) is 8.72. The molecule has 2 aliphatic heterocycles. The topological polar surface area (TPSA) is 29.5 Å². The van der Waals surface area contributed by atoms with Crippen LogP contribution in [-0.4, -0.2) is 43.0 Å². The molecule has 2 fully saturated rings. The van der Waals surface area contributed by atoms with Gasteiger partial charge in [0, 0.05) is 19.1 Å². The van der Waals surface area contributed by atoms with Crippen LogP contribution in [0.1, 0.15) is 13.3 Å². The van der Waals surface area contributed by atoms with E-state index >= 15 is 0 Å². The third-order valence-electron chi connectivity index (χ3n) is 3.03. The van der Waals surface area contributed by atoms with Crippen LogP contribution in [0, 0.1) is 5.92 Å². The van der Waals surface area contributed by atoms with E-state index < -0.39 is 0 Å². The largest absolute Gasteiger partial charge is 0.377 e. The van der Waals surface area contributed by atoms with Gasteiger partial charge in [0.2, 0.25) is 0 Å². The van der Waals surface area contributed by atoms with Crippen LogP contribution in [0.4, 0.5) is 0 Å². The molecule has 3 atom stereocenters. The van der Waals surface area contributed by atoms with E-state index in [0.29, 0.717) is 12.0 Å². The van der Waals surface area contributed by atoms with Crippen molar-refractivity contribution in [2.75, 3.05) is 20.2 Å². The molecule has 0 spiro atoms. The molecule has 0 N–H and O–H groups in total. The Balaban J connectivity index is 2.15. The number of likely N-dealkylation sites (N-methyl/N-ethyl adjacent to an activating group) is 1. The zero-order valence-electron chi connectivity index (χ0n) is 7.62. The second-order valence-corrected chi connectivity index (χ2v) is 3.86. The molecule has 0 aromatic carbocycles. The summed E-state index contributed by atoms with van der Waals surface area (Å²) in [6, 6.07) is 0.123. The molecule has 0 amide bonds. The lowest BCUT2D eigenvalue weighted by molar-refractivity contribution is -0.121. The number of rotatable bonds is 1. The van der Waals surface area contributed by atoms with Crippen molar-refractivity contribution in [1.82, 2.24) is 4.90 Å². The molecule has 2 rings (SSSR count). The molecule has 2 saturated heterocycles. The van der Waals surface area contributed by atoms with Crippen molar-refractivity contribution in [3.63, 3.8) is 0 Å². The SMILES string of the molecule is CC(=O)C1C2CCOC2CN1C. The number of nitrogens with zero attached hydrogens (tertiary/aromatic N) is 1. The van der Waals surface area contributed by atoms with Crippen LogP contribution in [0.2, 0.25) is 0 Å². The van der Waals surface area contributed by atoms with E-state index in [1.165, 1.54) is 0 Å². The van der Waals surface area contributed by atoms with Gasteiger partial charge in [-0.3, -0.25) is 9.69 Å². The lowest BCUT2D eigenvalue weighted by Gasteiger charge is -2.19. The standard InChI is InChI=1S/C9H15NO2/c1-6(11)9-7-3-4-12-8(7)5-10(9)2/h7-9H,3-5H2,1-2H3. The van der Waals surface area contributed by atoms with Crippen LogP contribution in [0.25, 0.3) is 0 Å². The van der Waals surface area contributed by atoms with Gasteiger partial charge in [-0.1, -0.05) is 0 Å². The summed E-state index contributed by atoms with van der Waals surface area (Å²) in [5.41, 5.74) is 0. The molecule has 12 heavy (non-hydrogen) atoms. The fraction of sp³-hybridized carbons (Fsp3) is 0.889. The highest BCUT2D eigenvalue weighted by molar-refractivity contribution is 5.82. The molecule has 0 radical (unpaired) electrons. The maximum atomic E-state index is 11.3. The number of Topliss-reactive ketones (excluding diaryl/α,β-unsaturated/α-hetero) is 1. The quantitative estimate of drug-likeness (QED) is 0.565. The summed E-state index contributed by atoms with van der Waals surface area (Å²) in [4.78, 5) is 13.4. The van der Waals surface area contributed by atoms with Gasteiger partial charge in [-0.15, -0.1) is 0 Å². The van der Waals surface area contributed by atoms with E-state index in [0.717, 1.165) is 19.6 Å². The first-order valence-corrected chi connectivity index (χ1v) is 4.52. The highest BCUT2D eigenvalue weighted by Gasteiger charge is 2.45. The number of carbonyl (C=O) groups excluding carboxylic acids is 1. The number of hydrogen-bond donors (Lipinski definition) is 0. The van der Waals surface area contributed by atoms with E-state index in [4.69, 9.17) is 4.74 Å². The fourth-order valence-electron chi connectivity index (χ4n) is 2.55. The summed E-state index contributed by atoms with van der Waals surface area (Å²) < 4.78 is 5.53. The number of ketones is 1. The van der Waals surface area contributed by atoms with Gasteiger partial charge < -0.3 is 4.74 Å². The Labute approximate surface area is 72.7 Å². The lowest BCUT2D eigenvalue weighted by atomic mass is 9.95. The Morgan fingerprint density at radius 3 is 3.00 bits per heavy atom. The summed E-state index contributed by atoms with van der Waals surface area (Å²) in [5.74, 6) is 0.753. The van der Waals surface area contributed by atoms with Crippen LogP contribution in [-0.2, 0) is 9.53 Å². The highest BCUT2D eigenvalue weighted by Crippen LogP contribution is 2.33. The van der Waals surface area contributed by atoms with Crippen LogP contribution in [0.5, 0.6) is 0 Å². The fourth-order valence-corrected chi connectivity index (χ4v) is 2.55. The lowest BCUT2D eigenvalue weighted by Crippen LogP contribution is -2.35. The van der Waals surface area contributed by atoms with Crippen molar-refractivity contribution in [2.45, 2.75) is 25.5 Å². The monoisotopic (exact) mass is 169 g/mol. The van der Waals surface area contributed by atoms with Gasteiger partial charge >= 0.3 is 0 Å². The predicted octanol–water partition coefficient (Wildman–Crippen LogP) is 0.294. The minimum atomic E-state index is 0.123. The molecular weight excluding hydrogens is 154 g/mol. The Morgan fingerprint density at radius 1 is 1.58 bits per heavy atom. The highest BCUT2D eigenvalue weighted by atomic mass is 16.5. The van der Waals surface area contributed by atoms with Crippen molar-refractivity contribution >= 4 is 5.78 Å². The average Bonchev–Trinajstić information content (AvgIpc) is 2.44. The Hall–Kier alpha value is -0.410. The van der Waals surface area contributed by atoms with E-state index in [-0.39, 0.29) is 11.8 Å². The van der Waals surface area contributed by atoms with Crippen LogP contribution in [0.3, 0.4) is 0 Å². The molecule has 68 valence electrons. The molecule has 0 saturated carbocycles. The summed E-state index contributed by atoms with van der Waals surface area (Å²) in [6.07, 6.45) is 1.38. The number of ether oxygens (including phenoxy) is 1. The zero-order valence-corrected chi connectivity index (χ0v) is 7.62. The minimum absolute atomic E-state index is 0.123. The number of carbonyl (C=O) groups is 1. The third-order valence-corrected chi connectivity index (χ3v) is 3.03. The van der Waals surface area contributed by atoms with Gasteiger partial charge in [-0.05, 0) is 20.4 Å². The molecule has 0 aromatic heterocycles. The summed E-state index contributed by atoms with van der Waals surface area (Å²) >= 11 is 0. The van der Waals surface area contributed by atoms with Crippen LogP contribution < -0.4 is 0 Å². The van der Waals surface area contributed by atoms with Crippen molar-refractivity contribution in [1.29, 1.82) is 0 Å². The summed E-state index contributed by atoms with van der Waals surface area (Å²) in [6.45, 7) is 3.45. The van der Waals surface area contributed by atoms with Gasteiger partial charge in [0.1, 0.15) is 5.78 Å².